The minimum atomic E-state index is -1.01. The Hall–Kier alpha value is -1.84. The Kier molecular flexibility index (Phi) is 3.95. The quantitative estimate of drug-likeness (QED) is 0.875. The minimum Gasteiger partial charge on any atom is -0.479 e. The lowest BCUT2D eigenvalue weighted by Crippen LogP contribution is -2.35. The van der Waals surface area contributed by atoms with Crippen molar-refractivity contribution < 1.29 is 14.7 Å². The van der Waals surface area contributed by atoms with E-state index >= 15 is 0 Å². The molecule has 2 fully saturated rings. The molecule has 4 nitrogen and oxygen atoms in total. The summed E-state index contributed by atoms with van der Waals surface area (Å²) >= 11 is 0. The monoisotopic (exact) mass is 287 g/mol. The summed E-state index contributed by atoms with van der Waals surface area (Å²) in [6.07, 6.45) is 5.42. The van der Waals surface area contributed by atoms with E-state index in [2.05, 4.69) is 5.32 Å². The molecule has 1 amide bonds. The molecule has 112 valence electrons. The summed E-state index contributed by atoms with van der Waals surface area (Å²) in [5, 5.41) is 12.0. The molecule has 4 atom stereocenters. The molecule has 0 radical (unpaired) electrons. The molecule has 0 heterocycles. The van der Waals surface area contributed by atoms with Gasteiger partial charge in [-0.25, -0.2) is 4.79 Å². The highest BCUT2D eigenvalue weighted by Gasteiger charge is 2.40. The first-order chi connectivity index (χ1) is 10.1. The smallest absolute Gasteiger partial charge is 0.330 e. The lowest BCUT2D eigenvalue weighted by Gasteiger charge is -2.22. The Bertz CT molecular complexity index is 528. The van der Waals surface area contributed by atoms with Gasteiger partial charge in [0.1, 0.15) is 0 Å². The van der Waals surface area contributed by atoms with Crippen LogP contribution in [0.4, 0.5) is 0 Å². The van der Waals surface area contributed by atoms with E-state index in [-0.39, 0.29) is 5.91 Å². The van der Waals surface area contributed by atoms with Crippen LogP contribution in [0.25, 0.3) is 0 Å². The number of carboxylic acids is 1. The van der Waals surface area contributed by atoms with Crippen molar-refractivity contribution in [2.75, 3.05) is 0 Å². The lowest BCUT2D eigenvalue weighted by molar-refractivity contribution is -0.142. The molecule has 0 spiro atoms. The molecule has 4 heteroatoms. The Labute approximate surface area is 124 Å². The predicted octanol–water partition coefficient (Wildman–Crippen LogP) is 2.75. The van der Waals surface area contributed by atoms with Gasteiger partial charge in [0.05, 0.1) is 0 Å². The molecular formula is C17H21NO3. The minimum absolute atomic E-state index is 0.135. The molecule has 2 N–H and O–H groups in total. The molecule has 3 rings (SSSR count). The van der Waals surface area contributed by atoms with Crippen LogP contribution in [-0.4, -0.2) is 17.0 Å². The Morgan fingerprint density at radius 1 is 1.19 bits per heavy atom. The fourth-order valence-corrected chi connectivity index (χ4v) is 4.02. The number of hydrogen-bond acceptors (Lipinski definition) is 2. The van der Waals surface area contributed by atoms with Gasteiger partial charge in [0.25, 0.3) is 0 Å². The van der Waals surface area contributed by atoms with E-state index in [4.69, 9.17) is 0 Å². The Morgan fingerprint density at radius 3 is 2.52 bits per heavy atom. The summed E-state index contributed by atoms with van der Waals surface area (Å²) in [4.78, 5) is 23.6. The molecule has 1 aromatic rings. The normalized spacial score (nSPS) is 28.3. The maximum Gasteiger partial charge on any atom is 0.330 e. The molecule has 1 aromatic carbocycles. The van der Waals surface area contributed by atoms with Gasteiger partial charge in [0.15, 0.2) is 6.04 Å². The van der Waals surface area contributed by atoms with Crippen molar-refractivity contribution in [3.05, 3.63) is 35.9 Å². The second-order valence-corrected chi connectivity index (χ2v) is 6.39. The number of benzene rings is 1. The molecule has 0 saturated heterocycles. The van der Waals surface area contributed by atoms with Crippen LogP contribution >= 0.6 is 0 Å². The molecule has 2 saturated carbocycles. The van der Waals surface area contributed by atoms with E-state index in [1.807, 2.05) is 6.07 Å². The number of carboxylic acid groups (broad SMARTS) is 1. The van der Waals surface area contributed by atoms with E-state index in [0.717, 1.165) is 12.3 Å². The summed E-state index contributed by atoms with van der Waals surface area (Å²) in [5.74, 6) is 0.790. The zero-order valence-corrected chi connectivity index (χ0v) is 12.0. The number of hydrogen-bond donors (Lipinski definition) is 2. The first-order valence-electron chi connectivity index (χ1n) is 7.70. The maximum atomic E-state index is 12.2. The number of fused-ring (bicyclic) bond motifs is 2. The van der Waals surface area contributed by atoms with Crippen molar-refractivity contribution in [3.63, 3.8) is 0 Å². The van der Waals surface area contributed by atoms with Crippen LogP contribution in [0.5, 0.6) is 0 Å². The van der Waals surface area contributed by atoms with Crippen molar-refractivity contribution in [3.8, 4) is 0 Å². The summed E-state index contributed by atoms with van der Waals surface area (Å²) in [6, 6.07) is 7.92. The summed E-state index contributed by atoms with van der Waals surface area (Å²) < 4.78 is 0. The third-order valence-corrected chi connectivity index (χ3v) is 5.02. The number of nitrogens with one attached hydrogen (secondary N) is 1. The van der Waals surface area contributed by atoms with Crippen molar-refractivity contribution in [1.82, 2.24) is 5.32 Å². The van der Waals surface area contributed by atoms with Crippen molar-refractivity contribution in [2.45, 2.75) is 38.1 Å². The zero-order valence-electron chi connectivity index (χ0n) is 12.0. The van der Waals surface area contributed by atoms with Crippen LogP contribution in [0.2, 0.25) is 0 Å². The van der Waals surface area contributed by atoms with Gasteiger partial charge in [-0.2, -0.15) is 0 Å². The summed E-state index contributed by atoms with van der Waals surface area (Å²) in [5.41, 5.74) is 0.617. The number of amides is 1. The number of rotatable bonds is 5. The largest absolute Gasteiger partial charge is 0.479 e. The number of aliphatic carboxylic acids is 1. The van der Waals surface area contributed by atoms with Gasteiger partial charge in [-0.1, -0.05) is 36.8 Å². The van der Waals surface area contributed by atoms with Gasteiger partial charge in [-0.15, -0.1) is 0 Å². The average Bonchev–Trinajstić information content (AvgIpc) is 3.08. The molecule has 2 aliphatic rings. The number of carbonyl (C=O) groups is 2. The second-order valence-electron chi connectivity index (χ2n) is 6.39. The van der Waals surface area contributed by atoms with Crippen molar-refractivity contribution in [1.29, 1.82) is 0 Å². The molecule has 0 aliphatic heterocycles. The van der Waals surface area contributed by atoms with E-state index in [1.165, 1.54) is 19.3 Å². The molecular weight excluding hydrogens is 266 g/mol. The third kappa shape index (κ3) is 3.09. The molecule has 0 aromatic heterocycles. The standard InChI is InChI=1S/C17H21NO3/c19-15(10-14-9-11-6-7-13(14)8-11)18-16(17(20)21)12-4-2-1-3-5-12/h1-5,11,13-14,16H,6-10H2,(H,18,19)(H,20,21)/t11?,13?,14?,16-/m1/s1. The van der Waals surface area contributed by atoms with E-state index < -0.39 is 12.0 Å². The van der Waals surface area contributed by atoms with Crippen LogP contribution in [-0.2, 0) is 9.59 Å². The molecule has 2 aliphatic carbocycles. The summed E-state index contributed by atoms with van der Waals surface area (Å²) in [6.45, 7) is 0. The van der Waals surface area contributed by atoms with Gasteiger partial charge in [-0.05, 0) is 42.6 Å². The maximum absolute atomic E-state index is 12.2. The Balaban J connectivity index is 1.61. The Morgan fingerprint density at radius 2 is 1.95 bits per heavy atom. The second kappa shape index (κ2) is 5.88. The highest BCUT2D eigenvalue weighted by atomic mass is 16.4. The molecule has 3 unspecified atom stereocenters. The van der Waals surface area contributed by atoms with E-state index in [0.29, 0.717) is 23.8 Å². The zero-order chi connectivity index (χ0) is 14.8. The van der Waals surface area contributed by atoms with Gasteiger partial charge in [0, 0.05) is 6.42 Å². The van der Waals surface area contributed by atoms with Gasteiger partial charge < -0.3 is 10.4 Å². The summed E-state index contributed by atoms with van der Waals surface area (Å²) in [7, 11) is 0. The first-order valence-corrected chi connectivity index (χ1v) is 7.70. The highest BCUT2D eigenvalue weighted by Crippen LogP contribution is 2.49. The van der Waals surface area contributed by atoms with Crippen LogP contribution in [0, 0.1) is 17.8 Å². The first kappa shape index (κ1) is 14.1. The molecule has 2 bridgehead atoms. The van der Waals surface area contributed by atoms with Crippen molar-refractivity contribution >= 4 is 11.9 Å². The van der Waals surface area contributed by atoms with Crippen LogP contribution in [0.3, 0.4) is 0 Å². The average molecular weight is 287 g/mol. The van der Waals surface area contributed by atoms with E-state index in [9.17, 15) is 14.7 Å². The van der Waals surface area contributed by atoms with Crippen LogP contribution < -0.4 is 5.32 Å². The van der Waals surface area contributed by atoms with Gasteiger partial charge >= 0.3 is 5.97 Å². The predicted molar refractivity (Wildman–Crippen MR) is 78.5 cm³/mol. The van der Waals surface area contributed by atoms with Gasteiger partial charge in [-0.3, -0.25) is 4.79 Å². The topological polar surface area (TPSA) is 66.4 Å². The SMILES string of the molecule is O=C(CC1CC2CCC1C2)N[C@@H](C(=O)O)c1ccccc1. The fraction of sp³-hybridized carbons (Fsp3) is 0.529. The fourth-order valence-electron chi connectivity index (χ4n) is 4.02. The van der Waals surface area contributed by atoms with Crippen molar-refractivity contribution in [2.24, 2.45) is 17.8 Å². The molecule has 21 heavy (non-hydrogen) atoms. The van der Waals surface area contributed by atoms with Crippen LogP contribution in [0.15, 0.2) is 30.3 Å². The number of carbonyl (C=O) groups excluding carboxylic acids is 1. The van der Waals surface area contributed by atoms with E-state index in [1.54, 1.807) is 24.3 Å². The lowest BCUT2D eigenvalue weighted by atomic mass is 9.86. The van der Waals surface area contributed by atoms with Crippen LogP contribution in [0.1, 0.15) is 43.7 Å². The third-order valence-electron chi connectivity index (χ3n) is 5.02. The highest BCUT2D eigenvalue weighted by molar-refractivity contribution is 5.84. The van der Waals surface area contributed by atoms with Gasteiger partial charge in [0.2, 0.25) is 5.91 Å².